The van der Waals surface area contributed by atoms with Gasteiger partial charge in [-0.15, -0.1) is 0 Å². The second-order valence-corrected chi connectivity index (χ2v) is 4.60. The molecule has 1 amide bonds. The number of nitrogens with one attached hydrogen (secondary N) is 1. The van der Waals surface area contributed by atoms with Crippen molar-refractivity contribution in [2.45, 2.75) is 32.7 Å². The topological polar surface area (TPSA) is 83.5 Å². The molecule has 0 fully saturated rings. The summed E-state index contributed by atoms with van der Waals surface area (Å²) >= 11 is 0. The molecular weight excluding hydrogens is 194 g/mol. The summed E-state index contributed by atoms with van der Waals surface area (Å²) in [6.45, 7) is 3.19. The largest absolute Gasteiger partial charge is 0.354 e. The molecule has 1 atom stereocenters. The van der Waals surface area contributed by atoms with E-state index in [0.717, 1.165) is 0 Å². The van der Waals surface area contributed by atoms with Gasteiger partial charge in [-0.3, -0.25) is 9.35 Å². The lowest BCUT2D eigenvalue weighted by Gasteiger charge is -2.10. The zero-order chi connectivity index (χ0) is 10.5. The van der Waals surface area contributed by atoms with Crippen molar-refractivity contribution < 1.29 is 17.8 Å². The summed E-state index contributed by atoms with van der Waals surface area (Å²) in [7, 11) is -3.86. The Morgan fingerprint density at radius 3 is 2.46 bits per heavy atom. The molecule has 13 heavy (non-hydrogen) atoms. The lowest BCUT2D eigenvalue weighted by molar-refractivity contribution is -0.119. The maximum atomic E-state index is 10.5. The van der Waals surface area contributed by atoms with Crippen molar-refractivity contribution in [3.8, 4) is 0 Å². The van der Waals surface area contributed by atoms with Gasteiger partial charge in [0.25, 0.3) is 10.1 Å². The van der Waals surface area contributed by atoms with Crippen LogP contribution in [-0.4, -0.2) is 30.7 Å². The van der Waals surface area contributed by atoms with Gasteiger partial charge < -0.3 is 5.32 Å². The first-order chi connectivity index (χ1) is 5.81. The maximum absolute atomic E-state index is 10.5. The van der Waals surface area contributed by atoms with Gasteiger partial charge >= 0.3 is 0 Å². The number of rotatable bonds is 5. The van der Waals surface area contributed by atoms with E-state index < -0.39 is 10.1 Å². The van der Waals surface area contributed by atoms with Gasteiger partial charge in [0.15, 0.2) is 0 Å². The first-order valence-electron chi connectivity index (χ1n) is 4.03. The van der Waals surface area contributed by atoms with Crippen molar-refractivity contribution in [2.24, 2.45) is 0 Å². The predicted octanol–water partition coefficient (Wildman–Crippen LogP) is 0.179. The number of carbonyl (C=O) groups is 1. The number of hydrogen-bond acceptors (Lipinski definition) is 3. The van der Waals surface area contributed by atoms with Gasteiger partial charge in [0.05, 0.1) is 5.75 Å². The van der Waals surface area contributed by atoms with Crippen LogP contribution in [0.5, 0.6) is 0 Å². The minimum Gasteiger partial charge on any atom is -0.354 e. The second-order valence-electron chi connectivity index (χ2n) is 3.03. The zero-order valence-corrected chi connectivity index (χ0v) is 8.60. The third kappa shape index (κ3) is 9.29. The standard InChI is InChI=1S/C7H15NO4S/c1-6(8-7(2)9)4-3-5-13(10,11)12/h6H,3-5H2,1-2H3,(H,8,9)(H,10,11,12). The Bertz CT molecular complexity index is 260. The molecule has 2 N–H and O–H groups in total. The van der Waals surface area contributed by atoms with Crippen LogP contribution in [0.4, 0.5) is 0 Å². The van der Waals surface area contributed by atoms with E-state index in [0.29, 0.717) is 12.8 Å². The van der Waals surface area contributed by atoms with Crippen LogP contribution in [0.3, 0.4) is 0 Å². The molecule has 0 bridgehead atoms. The Hall–Kier alpha value is -0.620. The summed E-state index contributed by atoms with van der Waals surface area (Å²) < 4.78 is 29.0. The highest BCUT2D eigenvalue weighted by Gasteiger charge is 2.07. The molecular formula is C7H15NO4S. The van der Waals surface area contributed by atoms with Crippen molar-refractivity contribution in [1.82, 2.24) is 5.32 Å². The Balaban J connectivity index is 3.60. The molecule has 0 aromatic carbocycles. The van der Waals surface area contributed by atoms with Gasteiger partial charge in [-0.2, -0.15) is 8.42 Å². The fourth-order valence-corrected chi connectivity index (χ4v) is 1.52. The van der Waals surface area contributed by atoms with Crippen molar-refractivity contribution in [3.63, 3.8) is 0 Å². The van der Waals surface area contributed by atoms with Crippen LogP contribution in [0.1, 0.15) is 26.7 Å². The molecule has 0 radical (unpaired) electrons. The molecule has 0 aromatic heterocycles. The third-order valence-electron chi connectivity index (χ3n) is 1.49. The second kappa shape index (κ2) is 5.18. The highest BCUT2D eigenvalue weighted by atomic mass is 32.2. The van der Waals surface area contributed by atoms with Crippen molar-refractivity contribution >= 4 is 16.0 Å². The Morgan fingerprint density at radius 2 is 2.08 bits per heavy atom. The summed E-state index contributed by atoms with van der Waals surface area (Å²) in [6, 6.07) is -0.0563. The number of carbonyl (C=O) groups excluding carboxylic acids is 1. The average molecular weight is 209 g/mol. The minimum atomic E-state index is -3.86. The monoisotopic (exact) mass is 209 g/mol. The molecule has 78 valence electrons. The molecule has 1 unspecified atom stereocenters. The number of amides is 1. The maximum Gasteiger partial charge on any atom is 0.264 e. The van der Waals surface area contributed by atoms with Crippen LogP contribution < -0.4 is 5.32 Å². The van der Waals surface area contributed by atoms with Gasteiger partial charge in [0.1, 0.15) is 0 Å². The van der Waals surface area contributed by atoms with Gasteiger partial charge in [-0.1, -0.05) is 0 Å². The van der Waals surface area contributed by atoms with E-state index in [2.05, 4.69) is 5.32 Å². The molecule has 0 heterocycles. The first-order valence-corrected chi connectivity index (χ1v) is 5.64. The fourth-order valence-electron chi connectivity index (χ4n) is 0.991. The fraction of sp³-hybridized carbons (Fsp3) is 0.857. The van der Waals surface area contributed by atoms with Crippen LogP contribution in [-0.2, 0) is 14.9 Å². The Labute approximate surface area is 78.3 Å². The van der Waals surface area contributed by atoms with E-state index in [1.54, 1.807) is 6.92 Å². The number of hydrogen-bond donors (Lipinski definition) is 2. The highest BCUT2D eigenvalue weighted by Crippen LogP contribution is 1.98. The smallest absolute Gasteiger partial charge is 0.264 e. The summed E-state index contributed by atoms with van der Waals surface area (Å²) in [6.07, 6.45) is 0.889. The minimum absolute atomic E-state index is 0.0563. The van der Waals surface area contributed by atoms with E-state index >= 15 is 0 Å². The normalized spacial score (nSPS) is 13.8. The molecule has 6 heteroatoms. The molecule has 0 rings (SSSR count). The van der Waals surface area contributed by atoms with E-state index in [4.69, 9.17) is 4.55 Å². The molecule has 0 aromatic rings. The van der Waals surface area contributed by atoms with Crippen LogP contribution in [0, 0.1) is 0 Å². The molecule has 0 aliphatic heterocycles. The molecule has 0 saturated heterocycles. The zero-order valence-electron chi connectivity index (χ0n) is 7.78. The van der Waals surface area contributed by atoms with Crippen LogP contribution >= 0.6 is 0 Å². The van der Waals surface area contributed by atoms with Crippen molar-refractivity contribution in [2.75, 3.05) is 5.75 Å². The summed E-state index contributed by atoms with van der Waals surface area (Å²) in [4.78, 5) is 10.5. The van der Waals surface area contributed by atoms with Crippen LogP contribution in [0.2, 0.25) is 0 Å². The first kappa shape index (κ1) is 12.4. The SMILES string of the molecule is CC(=O)NC(C)CCCS(=O)(=O)O. The van der Waals surface area contributed by atoms with Crippen LogP contribution in [0.25, 0.3) is 0 Å². The Kier molecular flexibility index (Phi) is 4.94. The molecule has 0 aliphatic rings. The van der Waals surface area contributed by atoms with Crippen molar-refractivity contribution in [1.29, 1.82) is 0 Å². The Morgan fingerprint density at radius 1 is 1.54 bits per heavy atom. The van der Waals surface area contributed by atoms with E-state index in [-0.39, 0.29) is 17.7 Å². The molecule has 0 saturated carbocycles. The molecule has 0 spiro atoms. The van der Waals surface area contributed by atoms with Crippen LogP contribution in [0.15, 0.2) is 0 Å². The average Bonchev–Trinajstić information content (AvgIpc) is 1.81. The molecule has 0 aliphatic carbocycles. The summed E-state index contributed by atoms with van der Waals surface area (Å²) in [5.74, 6) is -0.393. The van der Waals surface area contributed by atoms with Gasteiger partial charge in [-0.25, -0.2) is 0 Å². The quantitative estimate of drug-likeness (QED) is 0.633. The van der Waals surface area contributed by atoms with E-state index in [1.807, 2.05) is 0 Å². The van der Waals surface area contributed by atoms with E-state index in [1.165, 1.54) is 6.92 Å². The molecule has 5 nitrogen and oxygen atoms in total. The lowest BCUT2D eigenvalue weighted by atomic mass is 10.2. The van der Waals surface area contributed by atoms with Crippen molar-refractivity contribution in [3.05, 3.63) is 0 Å². The van der Waals surface area contributed by atoms with E-state index in [9.17, 15) is 13.2 Å². The van der Waals surface area contributed by atoms with Gasteiger partial charge in [-0.05, 0) is 19.8 Å². The van der Waals surface area contributed by atoms with Gasteiger partial charge in [0, 0.05) is 13.0 Å². The summed E-state index contributed by atoms with van der Waals surface area (Å²) in [5, 5.41) is 2.61. The third-order valence-corrected chi connectivity index (χ3v) is 2.29. The highest BCUT2D eigenvalue weighted by molar-refractivity contribution is 7.85. The van der Waals surface area contributed by atoms with Gasteiger partial charge in [0.2, 0.25) is 5.91 Å². The predicted molar refractivity (Wildman–Crippen MR) is 48.9 cm³/mol. The lowest BCUT2D eigenvalue weighted by Crippen LogP contribution is -2.30. The summed E-state index contributed by atoms with van der Waals surface area (Å²) in [5.41, 5.74) is 0.